The Morgan fingerprint density at radius 1 is 1.35 bits per heavy atom. The second-order valence-corrected chi connectivity index (χ2v) is 7.68. The van der Waals surface area contributed by atoms with Crippen LogP contribution in [0, 0.1) is 5.92 Å². The molecular formula is C19H24N4O2S. The van der Waals surface area contributed by atoms with Crippen molar-refractivity contribution in [2.45, 2.75) is 46.0 Å². The highest BCUT2D eigenvalue weighted by Gasteiger charge is 2.36. The highest BCUT2D eigenvalue weighted by molar-refractivity contribution is 7.15. The van der Waals surface area contributed by atoms with Crippen molar-refractivity contribution in [2.75, 3.05) is 16.8 Å². The monoisotopic (exact) mass is 372 g/mol. The largest absolute Gasteiger partial charge is 0.311 e. The third-order valence-corrected chi connectivity index (χ3v) is 5.85. The minimum atomic E-state index is -0.374. The van der Waals surface area contributed by atoms with Crippen molar-refractivity contribution in [1.29, 1.82) is 0 Å². The van der Waals surface area contributed by atoms with E-state index in [2.05, 4.69) is 35.4 Å². The van der Waals surface area contributed by atoms with Gasteiger partial charge in [-0.25, -0.2) is 0 Å². The minimum absolute atomic E-state index is 0.00702. The molecule has 1 saturated heterocycles. The summed E-state index contributed by atoms with van der Waals surface area (Å²) >= 11 is 1.37. The molecule has 138 valence electrons. The van der Waals surface area contributed by atoms with E-state index in [1.54, 1.807) is 4.90 Å². The van der Waals surface area contributed by atoms with E-state index >= 15 is 0 Å². The number of carbonyl (C=O) groups is 2. The first-order valence-electron chi connectivity index (χ1n) is 9.06. The van der Waals surface area contributed by atoms with Crippen LogP contribution >= 0.6 is 11.3 Å². The summed E-state index contributed by atoms with van der Waals surface area (Å²) in [4.78, 5) is 26.9. The zero-order valence-corrected chi connectivity index (χ0v) is 16.2. The van der Waals surface area contributed by atoms with Crippen LogP contribution in [0.5, 0.6) is 0 Å². The van der Waals surface area contributed by atoms with Crippen LogP contribution in [-0.4, -0.2) is 28.6 Å². The maximum absolute atomic E-state index is 12.6. The normalized spacial score (nSPS) is 18.2. The average molecular weight is 372 g/mol. The van der Waals surface area contributed by atoms with Crippen LogP contribution in [0.2, 0.25) is 0 Å². The van der Waals surface area contributed by atoms with E-state index in [9.17, 15) is 9.59 Å². The molecule has 1 N–H and O–H groups in total. The predicted octanol–water partition coefficient (Wildman–Crippen LogP) is 3.61. The number of nitrogens with zero attached hydrogens (tertiary/aromatic N) is 3. The number of hydrogen-bond acceptors (Lipinski definition) is 5. The number of para-hydroxylation sites is 1. The van der Waals surface area contributed by atoms with Gasteiger partial charge < -0.3 is 10.2 Å². The maximum Gasteiger partial charge on any atom is 0.231 e. The van der Waals surface area contributed by atoms with Crippen LogP contribution in [0.15, 0.2) is 24.3 Å². The predicted molar refractivity (Wildman–Crippen MR) is 104 cm³/mol. The number of nitrogens with one attached hydrogen (secondary N) is 1. The summed E-state index contributed by atoms with van der Waals surface area (Å²) < 4.78 is 0. The lowest BCUT2D eigenvalue weighted by molar-refractivity contribution is -0.122. The van der Waals surface area contributed by atoms with Crippen LogP contribution in [0.1, 0.15) is 50.1 Å². The fraction of sp³-hybridized carbons (Fsp3) is 0.474. The number of rotatable bonds is 6. The van der Waals surface area contributed by atoms with E-state index in [-0.39, 0.29) is 24.2 Å². The second kappa shape index (κ2) is 7.95. The third-order valence-electron chi connectivity index (χ3n) is 4.87. The Labute approximate surface area is 157 Å². The van der Waals surface area contributed by atoms with E-state index in [0.717, 1.165) is 29.1 Å². The summed E-state index contributed by atoms with van der Waals surface area (Å²) in [6, 6.07) is 7.97. The van der Waals surface area contributed by atoms with E-state index in [0.29, 0.717) is 17.6 Å². The SMILES string of the molecule is CCc1nnc(NC(=O)[C@H]2CC(=O)N(c3ccccc3[C@@H](C)CC)C2)s1. The number of benzene rings is 1. The lowest BCUT2D eigenvalue weighted by atomic mass is 9.96. The summed E-state index contributed by atoms with van der Waals surface area (Å²) in [6.45, 7) is 6.69. The number of aromatic nitrogens is 2. The number of carbonyl (C=O) groups excluding carboxylic acids is 2. The molecule has 2 atom stereocenters. The quantitative estimate of drug-likeness (QED) is 0.840. The third kappa shape index (κ3) is 3.77. The molecule has 6 nitrogen and oxygen atoms in total. The van der Waals surface area contributed by atoms with Crippen molar-refractivity contribution in [3.8, 4) is 0 Å². The number of anilines is 2. The molecule has 3 rings (SSSR count). The average Bonchev–Trinajstić information content (AvgIpc) is 3.27. The van der Waals surface area contributed by atoms with Gasteiger partial charge in [0.05, 0.1) is 5.92 Å². The van der Waals surface area contributed by atoms with E-state index in [1.807, 2.05) is 25.1 Å². The van der Waals surface area contributed by atoms with Gasteiger partial charge in [-0.15, -0.1) is 10.2 Å². The fourth-order valence-electron chi connectivity index (χ4n) is 3.14. The highest BCUT2D eigenvalue weighted by atomic mass is 32.1. The zero-order valence-electron chi connectivity index (χ0n) is 15.4. The van der Waals surface area contributed by atoms with Crippen molar-refractivity contribution in [3.05, 3.63) is 34.8 Å². The smallest absolute Gasteiger partial charge is 0.231 e. The lowest BCUT2D eigenvalue weighted by Gasteiger charge is -2.23. The number of amides is 2. The molecule has 7 heteroatoms. The zero-order chi connectivity index (χ0) is 18.7. The van der Waals surface area contributed by atoms with Crippen molar-refractivity contribution >= 4 is 34.0 Å². The van der Waals surface area contributed by atoms with Gasteiger partial charge >= 0.3 is 0 Å². The lowest BCUT2D eigenvalue weighted by Crippen LogP contribution is -2.29. The van der Waals surface area contributed by atoms with Crippen molar-refractivity contribution in [2.24, 2.45) is 5.92 Å². The summed E-state index contributed by atoms with van der Waals surface area (Å²) in [6.07, 6.45) is 2.01. The minimum Gasteiger partial charge on any atom is -0.311 e. The summed E-state index contributed by atoms with van der Waals surface area (Å²) in [5.41, 5.74) is 2.08. The molecule has 1 aliphatic heterocycles. The van der Waals surface area contributed by atoms with E-state index in [1.165, 1.54) is 11.3 Å². The van der Waals surface area contributed by atoms with Crippen LogP contribution in [0.25, 0.3) is 0 Å². The molecule has 1 aromatic carbocycles. The standard InChI is InChI=1S/C19H24N4O2S/c1-4-12(3)14-8-6-7-9-15(14)23-11-13(10-17(23)24)18(25)20-19-22-21-16(5-2)26-19/h6-9,12-13H,4-5,10-11H2,1-3H3,(H,20,22,25)/t12-,13-/m0/s1. The molecule has 1 aliphatic rings. The first-order chi connectivity index (χ1) is 12.5. The molecule has 0 unspecified atom stereocenters. The molecule has 0 aliphatic carbocycles. The van der Waals surface area contributed by atoms with Gasteiger partial charge in [-0.2, -0.15) is 0 Å². The first kappa shape index (κ1) is 18.5. The van der Waals surface area contributed by atoms with Gasteiger partial charge in [-0.3, -0.25) is 9.59 Å². The molecule has 1 fully saturated rings. The molecule has 0 spiro atoms. The van der Waals surface area contributed by atoms with Crippen LogP contribution < -0.4 is 10.2 Å². The van der Waals surface area contributed by atoms with Crippen LogP contribution in [-0.2, 0) is 16.0 Å². The van der Waals surface area contributed by atoms with Gasteiger partial charge in [0.15, 0.2) is 0 Å². The Morgan fingerprint density at radius 2 is 2.12 bits per heavy atom. The molecule has 0 radical (unpaired) electrons. The van der Waals surface area contributed by atoms with Gasteiger partial charge in [0.2, 0.25) is 16.9 Å². The molecular weight excluding hydrogens is 348 g/mol. The molecule has 0 bridgehead atoms. The second-order valence-electron chi connectivity index (χ2n) is 6.62. The van der Waals surface area contributed by atoms with Gasteiger partial charge in [-0.1, -0.05) is 50.3 Å². The molecule has 2 aromatic rings. The Balaban J connectivity index is 1.73. The molecule has 2 amide bonds. The van der Waals surface area contributed by atoms with Gasteiger partial charge in [0.25, 0.3) is 0 Å². The highest BCUT2D eigenvalue weighted by Crippen LogP contribution is 2.33. The molecule has 26 heavy (non-hydrogen) atoms. The van der Waals surface area contributed by atoms with Crippen LogP contribution in [0.4, 0.5) is 10.8 Å². The summed E-state index contributed by atoms with van der Waals surface area (Å²) in [7, 11) is 0. The van der Waals surface area contributed by atoms with Gasteiger partial charge in [-0.05, 0) is 30.4 Å². The molecule has 0 saturated carbocycles. The maximum atomic E-state index is 12.6. The molecule has 2 heterocycles. The number of aryl methyl sites for hydroxylation is 1. The fourth-order valence-corrected chi connectivity index (χ4v) is 3.82. The van der Waals surface area contributed by atoms with Gasteiger partial charge in [0.1, 0.15) is 5.01 Å². The van der Waals surface area contributed by atoms with Gasteiger partial charge in [0, 0.05) is 18.7 Å². The topological polar surface area (TPSA) is 75.2 Å². The first-order valence-corrected chi connectivity index (χ1v) is 9.87. The Bertz CT molecular complexity index is 804. The van der Waals surface area contributed by atoms with E-state index in [4.69, 9.17) is 0 Å². The Kier molecular flexibility index (Phi) is 5.66. The van der Waals surface area contributed by atoms with Crippen molar-refractivity contribution in [1.82, 2.24) is 10.2 Å². The Morgan fingerprint density at radius 3 is 2.81 bits per heavy atom. The summed E-state index contributed by atoms with van der Waals surface area (Å²) in [5, 5.41) is 12.2. The van der Waals surface area contributed by atoms with Crippen molar-refractivity contribution < 1.29 is 9.59 Å². The van der Waals surface area contributed by atoms with E-state index < -0.39 is 0 Å². The molecule has 1 aromatic heterocycles. The Hall–Kier alpha value is -2.28. The van der Waals surface area contributed by atoms with Crippen molar-refractivity contribution in [3.63, 3.8) is 0 Å². The number of hydrogen-bond donors (Lipinski definition) is 1. The van der Waals surface area contributed by atoms with Crippen LogP contribution in [0.3, 0.4) is 0 Å². The summed E-state index contributed by atoms with van der Waals surface area (Å²) in [5.74, 6) is -0.185.